The number of likely N-dealkylation sites (tertiary alicyclic amines) is 1. The van der Waals surface area contributed by atoms with Gasteiger partial charge < -0.3 is 10.5 Å². The number of hydrogen-bond donors (Lipinski definition) is 1. The molecule has 1 aromatic rings. The maximum Gasteiger partial charge on any atom is 0.216 e. The zero-order valence-corrected chi connectivity index (χ0v) is 11.8. The molecular weight excluding hydrogens is 228 g/mol. The monoisotopic (exact) mass is 252 g/mol. The number of piperidine rings is 1. The van der Waals surface area contributed by atoms with Crippen molar-refractivity contribution in [3.63, 3.8) is 0 Å². The van der Waals surface area contributed by atoms with Gasteiger partial charge in [-0.1, -0.05) is 6.92 Å². The minimum atomic E-state index is 0.346. The third-order valence-corrected chi connectivity index (χ3v) is 3.92. The Labute approximate surface area is 109 Å². The standard InChI is InChI=1S/C13H24N4O/c1-9-7-17(6-5-12(9)14)8-11-10(2)15-16(3)13(11)18-4/h9,12H,5-8,14H2,1-4H3. The Morgan fingerprint density at radius 3 is 2.83 bits per heavy atom. The number of ether oxygens (including phenoxy) is 1. The smallest absolute Gasteiger partial charge is 0.216 e. The van der Waals surface area contributed by atoms with Crippen LogP contribution in [0.25, 0.3) is 0 Å². The van der Waals surface area contributed by atoms with Crippen molar-refractivity contribution >= 4 is 0 Å². The fourth-order valence-corrected chi connectivity index (χ4v) is 2.74. The minimum absolute atomic E-state index is 0.346. The molecule has 0 aliphatic carbocycles. The summed E-state index contributed by atoms with van der Waals surface area (Å²) in [4.78, 5) is 2.44. The van der Waals surface area contributed by atoms with Crippen molar-refractivity contribution in [1.29, 1.82) is 0 Å². The number of rotatable bonds is 3. The summed E-state index contributed by atoms with van der Waals surface area (Å²) in [6, 6.07) is 0.346. The van der Waals surface area contributed by atoms with Crippen LogP contribution in [0.3, 0.4) is 0 Å². The molecule has 1 saturated heterocycles. The molecule has 1 aliphatic heterocycles. The van der Waals surface area contributed by atoms with Crippen molar-refractivity contribution in [2.75, 3.05) is 20.2 Å². The molecule has 2 heterocycles. The molecule has 1 aromatic heterocycles. The zero-order valence-electron chi connectivity index (χ0n) is 11.8. The van der Waals surface area contributed by atoms with Crippen LogP contribution in [0.1, 0.15) is 24.6 Å². The highest BCUT2D eigenvalue weighted by Gasteiger charge is 2.25. The highest BCUT2D eigenvalue weighted by atomic mass is 16.5. The van der Waals surface area contributed by atoms with Gasteiger partial charge in [0.2, 0.25) is 5.88 Å². The average molecular weight is 252 g/mol. The zero-order chi connectivity index (χ0) is 13.3. The molecule has 5 heteroatoms. The number of nitrogens with two attached hydrogens (primary N) is 1. The van der Waals surface area contributed by atoms with Crippen LogP contribution in [0.15, 0.2) is 0 Å². The number of aryl methyl sites for hydroxylation is 2. The van der Waals surface area contributed by atoms with Crippen LogP contribution in [-0.4, -0.2) is 40.9 Å². The molecule has 2 atom stereocenters. The first-order valence-corrected chi connectivity index (χ1v) is 6.57. The summed E-state index contributed by atoms with van der Waals surface area (Å²) in [6.07, 6.45) is 1.07. The summed E-state index contributed by atoms with van der Waals surface area (Å²) in [5.41, 5.74) is 8.31. The van der Waals surface area contributed by atoms with Gasteiger partial charge in [0.25, 0.3) is 0 Å². The van der Waals surface area contributed by atoms with Gasteiger partial charge in [0.15, 0.2) is 0 Å². The lowest BCUT2D eigenvalue weighted by molar-refractivity contribution is 0.156. The van der Waals surface area contributed by atoms with E-state index in [2.05, 4.69) is 16.9 Å². The molecule has 102 valence electrons. The van der Waals surface area contributed by atoms with Crippen molar-refractivity contribution in [3.8, 4) is 5.88 Å². The summed E-state index contributed by atoms with van der Waals surface area (Å²) in [5.74, 6) is 1.43. The molecule has 0 amide bonds. The van der Waals surface area contributed by atoms with Crippen molar-refractivity contribution < 1.29 is 4.74 Å². The molecule has 0 saturated carbocycles. The van der Waals surface area contributed by atoms with Gasteiger partial charge >= 0.3 is 0 Å². The predicted molar refractivity (Wildman–Crippen MR) is 71.5 cm³/mol. The maximum absolute atomic E-state index is 6.06. The Morgan fingerprint density at radius 1 is 1.50 bits per heavy atom. The average Bonchev–Trinajstić information content (AvgIpc) is 2.58. The maximum atomic E-state index is 6.06. The first-order valence-electron chi connectivity index (χ1n) is 6.57. The van der Waals surface area contributed by atoms with Crippen molar-refractivity contribution in [3.05, 3.63) is 11.3 Å². The molecule has 1 aliphatic rings. The van der Waals surface area contributed by atoms with Crippen LogP contribution in [-0.2, 0) is 13.6 Å². The number of aromatic nitrogens is 2. The fraction of sp³-hybridized carbons (Fsp3) is 0.769. The Hall–Kier alpha value is -1.07. The van der Waals surface area contributed by atoms with E-state index in [0.29, 0.717) is 12.0 Å². The van der Waals surface area contributed by atoms with Crippen molar-refractivity contribution in [2.24, 2.45) is 18.7 Å². The lowest BCUT2D eigenvalue weighted by Crippen LogP contribution is -2.45. The Bertz CT molecular complexity index is 415. The van der Waals surface area contributed by atoms with Crippen LogP contribution in [0.5, 0.6) is 5.88 Å². The van der Waals surface area contributed by atoms with E-state index in [1.54, 1.807) is 7.11 Å². The molecule has 1 fully saturated rings. The summed E-state index contributed by atoms with van der Waals surface area (Å²) in [7, 11) is 3.62. The third-order valence-electron chi connectivity index (χ3n) is 3.92. The van der Waals surface area contributed by atoms with Crippen LogP contribution >= 0.6 is 0 Å². The summed E-state index contributed by atoms with van der Waals surface area (Å²) < 4.78 is 7.24. The molecule has 0 spiro atoms. The molecule has 18 heavy (non-hydrogen) atoms. The van der Waals surface area contributed by atoms with Crippen LogP contribution < -0.4 is 10.5 Å². The van der Waals surface area contributed by atoms with E-state index in [0.717, 1.165) is 37.6 Å². The van der Waals surface area contributed by atoms with E-state index in [4.69, 9.17) is 10.5 Å². The van der Waals surface area contributed by atoms with Crippen LogP contribution in [0.4, 0.5) is 0 Å². The van der Waals surface area contributed by atoms with E-state index in [1.807, 2.05) is 18.7 Å². The SMILES string of the molecule is COc1c(CN2CCC(N)C(C)C2)c(C)nn1C. The summed E-state index contributed by atoms with van der Waals surface area (Å²) in [5, 5.41) is 4.42. The Balaban J connectivity index is 2.10. The van der Waals surface area contributed by atoms with Crippen LogP contribution in [0, 0.1) is 12.8 Å². The predicted octanol–water partition coefficient (Wildman–Crippen LogP) is 0.906. The second kappa shape index (κ2) is 5.28. The number of hydrogen-bond acceptors (Lipinski definition) is 4. The highest BCUT2D eigenvalue weighted by molar-refractivity contribution is 5.30. The normalized spacial score (nSPS) is 25.4. The quantitative estimate of drug-likeness (QED) is 0.868. The van der Waals surface area contributed by atoms with Gasteiger partial charge in [-0.3, -0.25) is 4.90 Å². The Morgan fingerprint density at radius 2 is 2.22 bits per heavy atom. The molecule has 0 radical (unpaired) electrons. The highest BCUT2D eigenvalue weighted by Crippen LogP contribution is 2.25. The molecular formula is C13H24N4O. The van der Waals surface area contributed by atoms with Gasteiger partial charge in [0, 0.05) is 26.2 Å². The second-order valence-electron chi connectivity index (χ2n) is 5.36. The van der Waals surface area contributed by atoms with Gasteiger partial charge in [-0.25, -0.2) is 4.68 Å². The lowest BCUT2D eigenvalue weighted by Gasteiger charge is -2.35. The molecule has 2 rings (SSSR count). The Kier molecular flexibility index (Phi) is 3.92. The minimum Gasteiger partial charge on any atom is -0.481 e. The first-order chi connectivity index (χ1) is 8.52. The van der Waals surface area contributed by atoms with E-state index in [-0.39, 0.29) is 0 Å². The van der Waals surface area contributed by atoms with Gasteiger partial charge in [-0.15, -0.1) is 0 Å². The van der Waals surface area contributed by atoms with Gasteiger partial charge in [0.1, 0.15) is 0 Å². The topological polar surface area (TPSA) is 56.3 Å². The molecule has 2 unspecified atom stereocenters. The van der Waals surface area contributed by atoms with E-state index in [1.165, 1.54) is 5.56 Å². The van der Waals surface area contributed by atoms with E-state index in [9.17, 15) is 0 Å². The first kappa shape index (κ1) is 13.4. The molecule has 0 aromatic carbocycles. The van der Waals surface area contributed by atoms with Gasteiger partial charge in [-0.2, -0.15) is 5.10 Å². The van der Waals surface area contributed by atoms with Crippen molar-refractivity contribution in [1.82, 2.24) is 14.7 Å². The van der Waals surface area contributed by atoms with E-state index >= 15 is 0 Å². The molecule has 5 nitrogen and oxygen atoms in total. The fourth-order valence-electron chi connectivity index (χ4n) is 2.74. The van der Waals surface area contributed by atoms with Crippen LogP contribution in [0.2, 0.25) is 0 Å². The lowest BCUT2D eigenvalue weighted by atomic mass is 9.94. The third kappa shape index (κ3) is 2.52. The molecule has 2 N–H and O–H groups in total. The number of nitrogens with zero attached hydrogens (tertiary/aromatic N) is 3. The van der Waals surface area contributed by atoms with Crippen molar-refractivity contribution in [2.45, 2.75) is 32.9 Å². The summed E-state index contributed by atoms with van der Waals surface area (Å²) in [6.45, 7) is 7.28. The molecule has 0 bridgehead atoms. The summed E-state index contributed by atoms with van der Waals surface area (Å²) >= 11 is 0. The second-order valence-corrected chi connectivity index (χ2v) is 5.36. The van der Waals surface area contributed by atoms with E-state index < -0.39 is 0 Å². The van der Waals surface area contributed by atoms with Gasteiger partial charge in [-0.05, 0) is 25.8 Å². The van der Waals surface area contributed by atoms with Gasteiger partial charge in [0.05, 0.1) is 18.4 Å². The largest absolute Gasteiger partial charge is 0.481 e. The number of methoxy groups -OCH3 is 1.